The number of hydrogen-bond acceptors (Lipinski definition) is 5. The van der Waals surface area contributed by atoms with Crippen LogP contribution in [-0.4, -0.2) is 74.1 Å². The van der Waals surface area contributed by atoms with E-state index in [2.05, 4.69) is 9.80 Å². The molecule has 0 aliphatic carbocycles. The molecule has 1 amide bonds. The first-order valence-corrected chi connectivity index (χ1v) is 11.4. The number of piperazine rings is 1. The number of ether oxygens (including phenoxy) is 2. The summed E-state index contributed by atoms with van der Waals surface area (Å²) >= 11 is 0. The van der Waals surface area contributed by atoms with Crippen LogP contribution in [0.5, 0.6) is 11.5 Å². The first-order chi connectivity index (χ1) is 16.3. The summed E-state index contributed by atoms with van der Waals surface area (Å²) in [5, 5.41) is 0. The van der Waals surface area contributed by atoms with Gasteiger partial charge in [-0.3, -0.25) is 14.6 Å². The third-order valence-corrected chi connectivity index (χ3v) is 6.56. The number of carbonyl (C=O) groups is 1. The molecule has 1 saturated heterocycles. The van der Waals surface area contributed by atoms with Crippen LogP contribution in [-0.2, 0) is 30.5 Å². The number of carbonyl (C=O) groups excluding carboxylic acids is 1. The minimum Gasteiger partial charge on any atom is -0.493 e. The van der Waals surface area contributed by atoms with Gasteiger partial charge in [0.2, 0.25) is 5.91 Å². The van der Waals surface area contributed by atoms with Crippen molar-refractivity contribution in [1.29, 1.82) is 0 Å². The fraction of sp³-hybridized carbons (Fsp3) is 0.480. The molecule has 4 rings (SSSR count). The number of alkyl halides is 3. The fourth-order valence-corrected chi connectivity index (χ4v) is 4.60. The Labute approximate surface area is 222 Å². The summed E-state index contributed by atoms with van der Waals surface area (Å²) in [5.41, 5.74) is 2.28. The lowest BCUT2D eigenvalue weighted by Crippen LogP contribution is -2.50. The van der Waals surface area contributed by atoms with Gasteiger partial charge in [-0.1, -0.05) is 18.2 Å². The Bertz CT molecular complexity index is 1030. The summed E-state index contributed by atoms with van der Waals surface area (Å²) in [7, 11) is 3.21. The molecule has 2 aliphatic rings. The normalized spacial score (nSPS) is 16.4. The lowest BCUT2D eigenvalue weighted by atomic mass is 9.98. The molecule has 0 radical (unpaired) electrons. The lowest BCUT2D eigenvalue weighted by Gasteiger charge is -2.36. The Balaban J connectivity index is 0.00000228. The van der Waals surface area contributed by atoms with E-state index < -0.39 is 11.7 Å². The average molecular weight is 550 g/mol. The first kappa shape index (κ1) is 30.0. The highest BCUT2D eigenvalue weighted by molar-refractivity contribution is 5.85. The Morgan fingerprint density at radius 1 is 0.889 bits per heavy atom. The molecule has 0 aromatic heterocycles. The van der Waals surface area contributed by atoms with Gasteiger partial charge in [-0.05, 0) is 41.3 Å². The van der Waals surface area contributed by atoms with Crippen molar-refractivity contribution >= 4 is 30.7 Å². The van der Waals surface area contributed by atoms with E-state index in [-0.39, 0.29) is 30.7 Å². The van der Waals surface area contributed by atoms with Gasteiger partial charge in [0.1, 0.15) is 0 Å². The van der Waals surface area contributed by atoms with Gasteiger partial charge in [0.05, 0.1) is 26.3 Å². The molecule has 2 aliphatic heterocycles. The molecule has 11 heteroatoms. The quantitative estimate of drug-likeness (QED) is 0.538. The van der Waals surface area contributed by atoms with Crippen molar-refractivity contribution in [1.82, 2.24) is 14.7 Å². The predicted molar refractivity (Wildman–Crippen MR) is 136 cm³/mol. The number of hydrogen-bond donors (Lipinski definition) is 0. The summed E-state index contributed by atoms with van der Waals surface area (Å²) in [4.78, 5) is 19.1. The number of rotatable bonds is 6. The maximum absolute atomic E-state index is 13.0. The van der Waals surface area contributed by atoms with Crippen LogP contribution in [0.3, 0.4) is 0 Å². The number of methoxy groups -OCH3 is 2. The van der Waals surface area contributed by atoms with Gasteiger partial charge in [0.15, 0.2) is 11.5 Å². The number of amides is 1. The summed E-state index contributed by atoms with van der Waals surface area (Å²) in [6.45, 7) is 4.87. The molecule has 36 heavy (non-hydrogen) atoms. The predicted octanol–water partition coefficient (Wildman–Crippen LogP) is 4.27. The third-order valence-electron chi connectivity index (χ3n) is 6.56. The molecule has 6 nitrogen and oxygen atoms in total. The Hall–Kier alpha value is -2.20. The summed E-state index contributed by atoms with van der Waals surface area (Å²) in [5.74, 6) is 1.45. The number of fused-ring (bicyclic) bond motifs is 1. The SMILES string of the molecule is COc1cc2c(cc1OC)CN(C(=O)CN1CCN(Cc3cccc(C(F)(F)F)c3)CC1)CC2.Cl.Cl. The standard InChI is InChI=1S/C25H30F3N3O3.2ClH/c1-33-22-13-19-6-7-31(16-20(19)14-23(22)34-2)24(32)17-30-10-8-29(9-11-30)15-18-4-3-5-21(12-18)25(26,27)28;;/h3-5,12-14H,6-11,15-17H2,1-2H3;2*1H. The molecule has 0 bridgehead atoms. The zero-order valence-corrected chi connectivity index (χ0v) is 22.0. The summed E-state index contributed by atoms with van der Waals surface area (Å²) < 4.78 is 49.7. The van der Waals surface area contributed by atoms with E-state index in [9.17, 15) is 18.0 Å². The first-order valence-electron chi connectivity index (χ1n) is 11.4. The Kier molecular flexibility index (Phi) is 10.7. The molecule has 0 unspecified atom stereocenters. The average Bonchev–Trinajstić information content (AvgIpc) is 2.83. The molecule has 0 spiro atoms. The van der Waals surface area contributed by atoms with Crippen molar-refractivity contribution in [3.05, 3.63) is 58.7 Å². The lowest BCUT2D eigenvalue weighted by molar-refractivity contribution is -0.137. The van der Waals surface area contributed by atoms with Gasteiger partial charge in [-0.25, -0.2) is 0 Å². The molecule has 1 fully saturated rings. The van der Waals surface area contributed by atoms with E-state index in [0.717, 1.165) is 18.1 Å². The van der Waals surface area contributed by atoms with E-state index in [1.807, 2.05) is 17.0 Å². The van der Waals surface area contributed by atoms with Crippen LogP contribution in [0.2, 0.25) is 0 Å². The number of benzene rings is 2. The van der Waals surface area contributed by atoms with Crippen LogP contribution < -0.4 is 9.47 Å². The summed E-state index contributed by atoms with van der Waals surface area (Å²) in [6.07, 6.45) is -3.56. The maximum atomic E-state index is 13.0. The van der Waals surface area contributed by atoms with Crippen molar-refractivity contribution in [2.75, 3.05) is 53.5 Å². The maximum Gasteiger partial charge on any atom is 0.416 e. The molecule has 0 atom stereocenters. The van der Waals surface area contributed by atoms with E-state index in [1.165, 1.54) is 17.7 Å². The minimum absolute atomic E-state index is 0. The van der Waals surface area contributed by atoms with Gasteiger partial charge >= 0.3 is 6.18 Å². The minimum atomic E-state index is -4.33. The third kappa shape index (κ3) is 7.18. The summed E-state index contributed by atoms with van der Waals surface area (Å²) in [6, 6.07) is 9.42. The molecular formula is C25H32Cl2F3N3O3. The molecule has 0 saturated carbocycles. The van der Waals surface area contributed by atoms with Crippen molar-refractivity contribution in [3.63, 3.8) is 0 Å². The van der Waals surface area contributed by atoms with Crippen molar-refractivity contribution in [2.45, 2.75) is 25.7 Å². The second kappa shape index (κ2) is 12.9. The molecule has 2 heterocycles. The highest BCUT2D eigenvalue weighted by atomic mass is 35.5. The largest absolute Gasteiger partial charge is 0.493 e. The van der Waals surface area contributed by atoms with Crippen LogP contribution in [0.15, 0.2) is 36.4 Å². The van der Waals surface area contributed by atoms with Crippen LogP contribution in [0.1, 0.15) is 22.3 Å². The second-order valence-electron chi connectivity index (χ2n) is 8.79. The highest BCUT2D eigenvalue weighted by Crippen LogP contribution is 2.33. The van der Waals surface area contributed by atoms with E-state index in [0.29, 0.717) is 69.4 Å². The monoisotopic (exact) mass is 549 g/mol. The molecule has 0 N–H and O–H groups in total. The molecule has 2 aromatic rings. The van der Waals surface area contributed by atoms with Crippen LogP contribution in [0.4, 0.5) is 13.2 Å². The van der Waals surface area contributed by atoms with Gasteiger partial charge in [-0.2, -0.15) is 13.2 Å². The van der Waals surface area contributed by atoms with Crippen LogP contribution >= 0.6 is 24.8 Å². The van der Waals surface area contributed by atoms with Crippen LogP contribution in [0, 0.1) is 0 Å². The fourth-order valence-electron chi connectivity index (χ4n) is 4.60. The topological polar surface area (TPSA) is 45.3 Å². The van der Waals surface area contributed by atoms with Crippen molar-refractivity contribution < 1.29 is 27.4 Å². The van der Waals surface area contributed by atoms with Crippen molar-refractivity contribution in [3.8, 4) is 11.5 Å². The van der Waals surface area contributed by atoms with Gasteiger partial charge < -0.3 is 14.4 Å². The number of halogens is 5. The zero-order chi connectivity index (χ0) is 24.3. The van der Waals surface area contributed by atoms with Gasteiger partial charge in [0.25, 0.3) is 0 Å². The smallest absolute Gasteiger partial charge is 0.416 e. The zero-order valence-electron chi connectivity index (χ0n) is 20.3. The number of nitrogens with zero attached hydrogens (tertiary/aromatic N) is 3. The van der Waals surface area contributed by atoms with Crippen LogP contribution in [0.25, 0.3) is 0 Å². The van der Waals surface area contributed by atoms with Gasteiger partial charge in [-0.15, -0.1) is 24.8 Å². The van der Waals surface area contributed by atoms with E-state index in [4.69, 9.17) is 9.47 Å². The molecular weight excluding hydrogens is 518 g/mol. The van der Waals surface area contributed by atoms with E-state index in [1.54, 1.807) is 20.3 Å². The van der Waals surface area contributed by atoms with E-state index >= 15 is 0 Å². The second-order valence-corrected chi connectivity index (χ2v) is 8.79. The molecule has 2 aromatic carbocycles. The van der Waals surface area contributed by atoms with Gasteiger partial charge in [0, 0.05) is 45.8 Å². The van der Waals surface area contributed by atoms with Crippen molar-refractivity contribution in [2.24, 2.45) is 0 Å². The molecule has 200 valence electrons. The Morgan fingerprint density at radius 2 is 1.50 bits per heavy atom. The Morgan fingerprint density at radius 3 is 2.11 bits per heavy atom. The highest BCUT2D eigenvalue weighted by Gasteiger charge is 2.31.